The molecule has 0 aliphatic heterocycles. The van der Waals surface area contributed by atoms with E-state index in [2.05, 4.69) is 64.6 Å². The standard InChI is InChI=1S/C23H28N6OS/c1-15-4-6-19(16(2)12-15)29(3)21-7-5-18-22(28-21)31-23(26-18)27-20-13-17(8-9-25-20)14-24-10-11-30/h4-9,12-13,16,19,24,30H,10-11,14H2,1-3H3,(H,25,26,27). The van der Waals surface area contributed by atoms with Gasteiger partial charge in [0.1, 0.15) is 22.0 Å². The summed E-state index contributed by atoms with van der Waals surface area (Å²) in [4.78, 5) is 17.0. The molecule has 3 aromatic heterocycles. The van der Waals surface area contributed by atoms with E-state index in [0.717, 1.165) is 32.7 Å². The summed E-state index contributed by atoms with van der Waals surface area (Å²) in [5.41, 5.74) is 3.27. The predicted molar refractivity (Wildman–Crippen MR) is 128 cm³/mol. The zero-order valence-electron chi connectivity index (χ0n) is 18.0. The van der Waals surface area contributed by atoms with E-state index in [1.54, 1.807) is 6.20 Å². The van der Waals surface area contributed by atoms with Crippen molar-refractivity contribution in [1.29, 1.82) is 0 Å². The average molecular weight is 437 g/mol. The lowest BCUT2D eigenvalue weighted by molar-refractivity contribution is 0.292. The van der Waals surface area contributed by atoms with Crippen molar-refractivity contribution in [2.24, 2.45) is 5.92 Å². The summed E-state index contributed by atoms with van der Waals surface area (Å²) in [5.74, 6) is 2.10. The van der Waals surface area contributed by atoms with Crippen LogP contribution in [-0.2, 0) is 6.54 Å². The lowest BCUT2D eigenvalue weighted by Crippen LogP contribution is -2.36. The van der Waals surface area contributed by atoms with E-state index < -0.39 is 0 Å². The first-order chi connectivity index (χ1) is 15.0. The zero-order valence-corrected chi connectivity index (χ0v) is 18.9. The number of aromatic nitrogens is 3. The Hall–Kier alpha value is -2.81. The first-order valence-corrected chi connectivity index (χ1v) is 11.3. The highest BCUT2D eigenvalue weighted by Gasteiger charge is 2.22. The van der Waals surface area contributed by atoms with Gasteiger partial charge in [-0.05, 0) is 42.7 Å². The summed E-state index contributed by atoms with van der Waals surface area (Å²) in [6, 6.07) is 8.27. The third-order valence-corrected chi connectivity index (χ3v) is 6.23. The molecule has 0 fully saturated rings. The van der Waals surface area contributed by atoms with Gasteiger partial charge in [-0.1, -0.05) is 42.1 Å². The normalized spacial score (nSPS) is 18.3. The number of aliphatic hydroxyl groups excluding tert-OH is 1. The smallest absolute Gasteiger partial charge is 0.190 e. The van der Waals surface area contributed by atoms with Gasteiger partial charge in [0, 0.05) is 26.3 Å². The SMILES string of the molecule is CC1=CC(C)C(N(C)c2ccc3nc(Nc4cc(CNCCO)ccn4)sc3n2)C=C1. The average Bonchev–Trinajstić information content (AvgIpc) is 3.15. The Morgan fingerprint density at radius 3 is 2.90 bits per heavy atom. The molecule has 7 nitrogen and oxygen atoms in total. The summed E-state index contributed by atoms with van der Waals surface area (Å²) < 4.78 is 0. The molecular formula is C23H28N6OS. The second-order valence-electron chi connectivity index (χ2n) is 7.82. The van der Waals surface area contributed by atoms with Gasteiger partial charge in [-0.3, -0.25) is 0 Å². The minimum atomic E-state index is 0.123. The van der Waals surface area contributed by atoms with Crippen molar-refractivity contribution in [3.8, 4) is 0 Å². The van der Waals surface area contributed by atoms with Crippen LogP contribution in [0.4, 0.5) is 16.8 Å². The molecule has 0 saturated heterocycles. The Kier molecular flexibility index (Phi) is 6.60. The number of nitrogens with one attached hydrogen (secondary N) is 2. The van der Waals surface area contributed by atoms with Crippen LogP contribution in [0.25, 0.3) is 10.3 Å². The van der Waals surface area contributed by atoms with Crippen LogP contribution in [-0.4, -0.2) is 46.3 Å². The molecule has 162 valence electrons. The maximum absolute atomic E-state index is 8.91. The van der Waals surface area contributed by atoms with Crippen LogP contribution in [0.5, 0.6) is 0 Å². The van der Waals surface area contributed by atoms with Crippen LogP contribution < -0.4 is 15.5 Å². The molecule has 0 bridgehead atoms. The first-order valence-electron chi connectivity index (χ1n) is 10.4. The molecule has 3 aromatic rings. The van der Waals surface area contributed by atoms with E-state index >= 15 is 0 Å². The minimum absolute atomic E-state index is 0.123. The van der Waals surface area contributed by atoms with Gasteiger partial charge in [0.25, 0.3) is 0 Å². The number of fused-ring (bicyclic) bond motifs is 1. The molecular weight excluding hydrogens is 408 g/mol. The highest BCUT2D eigenvalue weighted by molar-refractivity contribution is 7.21. The maximum atomic E-state index is 8.91. The van der Waals surface area contributed by atoms with Crippen LogP contribution in [0.2, 0.25) is 0 Å². The highest BCUT2D eigenvalue weighted by atomic mass is 32.1. The number of rotatable bonds is 8. The van der Waals surface area contributed by atoms with E-state index in [4.69, 9.17) is 10.1 Å². The Morgan fingerprint density at radius 1 is 1.23 bits per heavy atom. The number of likely N-dealkylation sites (N-methyl/N-ethyl adjacent to an activating group) is 1. The van der Waals surface area contributed by atoms with E-state index in [1.807, 2.05) is 24.3 Å². The first kappa shape index (κ1) is 21.4. The molecule has 2 atom stereocenters. The molecule has 0 saturated carbocycles. The van der Waals surface area contributed by atoms with Crippen LogP contribution >= 0.6 is 11.3 Å². The second-order valence-corrected chi connectivity index (χ2v) is 8.80. The predicted octanol–water partition coefficient (Wildman–Crippen LogP) is 3.87. The number of pyridine rings is 2. The molecule has 0 amide bonds. The van der Waals surface area contributed by atoms with Gasteiger partial charge in [0.15, 0.2) is 5.13 Å². The number of thiazole rings is 1. The molecule has 1 aliphatic rings. The molecule has 31 heavy (non-hydrogen) atoms. The monoisotopic (exact) mass is 436 g/mol. The number of anilines is 3. The third-order valence-electron chi connectivity index (χ3n) is 5.35. The molecule has 8 heteroatoms. The fourth-order valence-corrected chi connectivity index (χ4v) is 4.60. The van der Waals surface area contributed by atoms with Gasteiger partial charge < -0.3 is 20.6 Å². The number of hydrogen-bond donors (Lipinski definition) is 3. The molecule has 2 unspecified atom stereocenters. The summed E-state index contributed by atoms with van der Waals surface area (Å²) in [6.45, 7) is 5.74. The van der Waals surface area contributed by atoms with Crippen LogP contribution in [0.15, 0.2) is 54.3 Å². The Balaban J connectivity index is 1.49. The van der Waals surface area contributed by atoms with Crippen molar-refractivity contribution in [1.82, 2.24) is 20.3 Å². The number of aliphatic hydroxyl groups is 1. The number of nitrogens with zero attached hydrogens (tertiary/aromatic N) is 4. The lowest BCUT2D eigenvalue weighted by Gasteiger charge is -2.32. The van der Waals surface area contributed by atoms with Crippen molar-refractivity contribution in [2.75, 3.05) is 30.4 Å². The van der Waals surface area contributed by atoms with Crippen LogP contribution in [0.3, 0.4) is 0 Å². The Bertz CT molecular complexity index is 1110. The summed E-state index contributed by atoms with van der Waals surface area (Å²) in [7, 11) is 2.09. The van der Waals surface area contributed by atoms with Crippen molar-refractivity contribution < 1.29 is 5.11 Å². The zero-order chi connectivity index (χ0) is 21.8. The van der Waals surface area contributed by atoms with Gasteiger partial charge in [-0.15, -0.1) is 0 Å². The molecule has 1 aliphatic carbocycles. The molecule has 4 rings (SSSR count). The fraction of sp³-hybridized carbons (Fsp3) is 0.348. The molecule has 0 radical (unpaired) electrons. The van der Waals surface area contributed by atoms with Gasteiger partial charge in [0.05, 0.1) is 12.6 Å². The summed E-state index contributed by atoms with van der Waals surface area (Å²) >= 11 is 1.52. The Labute approximate surface area is 186 Å². The fourth-order valence-electron chi connectivity index (χ4n) is 3.76. The molecule has 0 spiro atoms. The minimum Gasteiger partial charge on any atom is -0.395 e. The topological polar surface area (TPSA) is 86.2 Å². The maximum Gasteiger partial charge on any atom is 0.190 e. The van der Waals surface area contributed by atoms with E-state index in [9.17, 15) is 0 Å². The number of hydrogen-bond acceptors (Lipinski definition) is 8. The third kappa shape index (κ3) is 5.10. The molecule has 3 heterocycles. The van der Waals surface area contributed by atoms with Crippen molar-refractivity contribution in [2.45, 2.75) is 26.4 Å². The van der Waals surface area contributed by atoms with E-state index in [0.29, 0.717) is 19.0 Å². The summed E-state index contributed by atoms with van der Waals surface area (Å²) in [5, 5.41) is 16.1. The van der Waals surface area contributed by atoms with Gasteiger partial charge in [-0.25, -0.2) is 15.0 Å². The van der Waals surface area contributed by atoms with Crippen molar-refractivity contribution in [3.63, 3.8) is 0 Å². The quantitative estimate of drug-likeness (QED) is 0.462. The highest BCUT2D eigenvalue weighted by Crippen LogP contribution is 2.30. The van der Waals surface area contributed by atoms with Gasteiger partial charge in [0.2, 0.25) is 0 Å². The largest absolute Gasteiger partial charge is 0.395 e. The van der Waals surface area contributed by atoms with E-state index in [1.165, 1.54) is 16.9 Å². The van der Waals surface area contributed by atoms with Gasteiger partial charge >= 0.3 is 0 Å². The van der Waals surface area contributed by atoms with E-state index in [-0.39, 0.29) is 12.6 Å². The number of allylic oxidation sites excluding steroid dienone is 2. The second kappa shape index (κ2) is 9.55. The van der Waals surface area contributed by atoms with Crippen LogP contribution in [0, 0.1) is 5.92 Å². The lowest BCUT2D eigenvalue weighted by atomic mass is 9.92. The van der Waals surface area contributed by atoms with Crippen molar-refractivity contribution in [3.05, 3.63) is 59.8 Å². The summed E-state index contributed by atoms with van der Waals surface area (Å²) in [6.07, 6.45) is 8.50. The molecule has 3 N–H and O–H groups in total. The van der Waals surface area contributed by atoms with Crippen LogP contribution in [0.1, 0.15) is 19.4 Å². The van der Waals surface area contributed by atoms with Gasteiger partial charge in [-0.2, -0.15) is 0 Å². The molecule has 0 aromatic carbocycles. The Morgan fingerprint density at radius 2 is 2.10 bits per heavy atom. The van der Waals surface area contributed by atoms with Crippen molar-refractivity contribution >= 4 is 38.5 Å².